The van der Waals surface area contributed by atoms with Crippen LogP contribution in [-0.4, -0.2) is 0 Å². The molecule has 0 fully saturated rings. The highest BCUT2D eigenvalue weighted by Crippen LogP contribution is 2.27. The Morgan fingerprint density at radius 2 is 0.679 bits per heavy atom. The Balaban J connectivity index is 1.96. The van der Waals surface area contributed by atoms with Gasteiger partial charge in [-0.2, -0.15) is 0 Å². The number of hydrogen-bond donors (Lipinski definition) is 0. The molecule has 3 rings (SSSR count). The molecule has 28 heavy (non-hydrogen) atoms. The maximum absolute atomic E-state index is 14.3. The summed E-state index contributed by atoms with van der Waals surface area (Å²) in [7, 11) is 0. The zero-order chi connectivity index (χ0) is 20.3. The predicted molar refractivity (Wildman–Crippen MR) is 96.9 cm³/mol. The van der Waals surface area contributed by atoms with Crippen molar-refractivity contribution in [2.45, 2.75) is 0 Å². The Hall–Kier alpha value is -3.28. The monoisotopic (exact) mass is 390 g/mol. The Morgan fingerprint density at radius 3 is 0.964 bits per heavy atom. The van der Waals surface area contributed by atoms with E-state index in [2.05, 4.69) is 0 Å². The molecule has 0 N–H and O–H groups in total. The second kappa shape index (κ2) is 8.17. The molecule has 0 saturated heterocycles. The van der Waals surface area contributed by atoms with Crippen molar-refractivity contribution in [1.29, 1.82) is 0 Å². The van der Waals surface area contributed by atoms with E-state index in [0.29, 0.717) is 11.1 Å². The lowest BCUT2D eigenvalue weighted by Gasteiger charge is -2.07. The molecule has 0 bridgehead atoms. The van der Waals surface area contributed by atoms with Crippen LogP contribution in [0.5, 0.6) is 0 Å². The smallest absolute Gasteiger partial charge is 0.169 e. The van der Waals surface area contributed by atoms with Gasteiger partial charge in [0.1, 0.15) is 11.6 Å². The van der Waals surface area contributed by atoms with Crippen molar-refractivity contribution in [2.24, 2.45) is 0 Å². The fourth-order valence-electron chi connectivity index (χ4n) is 2.47. The third kappa shape index (κ3) is 4.17. The van der Waals surface area contributed by atoms with E-state index in [1.807, 2.05) is 0 Å². The molecule has 3 aromatic carbocycles. The van der Waals surface area contributed by atoms with Crippen LogP contribution in [0.3, 0.4) is 0 Å². The van der Waals surface area contributed by atoms with Gasteiger partial charge in [-0.1, -0.05) is 36.4 Å². The minimum absolute atomic E-state index is 0.390. The van der Waals surface area contributed by atoms with E-state index in [4.69, 9.17) is 0 Å². The highest BCUT2D eigenvalue weighted by molar-refractivity contribution is 5.74. The lowest BCUT2D eigenvalue weighted by Crippen LogP contribution is -2.03. The van der Waals surface area contributed by atoms with Crippen LogP contribution in [0.2, 0.25) is 0 Å². The summed E-state index contributed by atoms with van der Waals surface area (Å²) < 4.78 is 82.8. The van der Waals surface area contributed by atoms with Crippen LogP contribution in [0, 0.1) is 34.9 Å². The molecule has 0 radical (unpaired) electrons. The van der Waals surface area contributed by atoms with Gasteiger partial charge in [-0.05, 0) is 47.5 Å². The number of hydrogen-bond acceptors (Lipinski definition) is 0. The standard InChI is InChI=1S/C22H12F6/c23-15-7-1-13(2-8-15)5-11-17-19(25)21(27)18(22(28)20(17)26)12-6-14-3-9-16(24)10-4-14/h1-12H/b11-5+,12-6+. The van der Waals surface area contributed by atoms with Crippen molar-refractivity contribution in [1.82, 2.24) is 0 Å². The molecular weight excluding hydrogens is 378 g/mol. The van der Waals surface area contributed by atoms with E-state index < -0.39 is 46.0 Å². The topological polar surface area (TPSA) is 0 Å². The maximum Gasteiger partial charge on any atom is 0.169 e. The summed E-state index contributed by atoms with van der Waals surface area (Å²) >= 11 is 0. The van der Waals surface area contributed by atoms with Crippen molar-refractivity contribution in [2.75, 3.05) is 0 Å². The van der Waals surface area contributed by atoms with E-state index in [0.717, 1.165) is 36.4 Å². The second-order valence-corrected chi connectivity index (χ2v) is 5.85. The van der Waals surface area contributed by atoms with Gasteiger partial charge in [0.15, 0.2) is 23.3 Å². The van der Waals surface area contributed by atoms with Crippen molar-refractivity contribution < 1.29 is 26.3 Å². The van der Waals surface area contributed by atoms with Crippen LogP contribution in [-0.2, 0) is 0 Å². The molecule has 0 heterocycles. The van der Waals surface area contributed by atoms with E-state index >= 15 is 0 Å². The Morgan fingerprint density at radius 1 is 0.393 bits per heavy atom. The molecular formula is C22H12F6. The Kier molecular flexibility index (Phi) is 5.68. The van der Waals surface area contributed by atoms with Gasteiger partial charge in [-0.3, -0.25) is 0 Å². The van der Waals surface area contributed by atoms with Crippen molar-refractivity contribution >= 4 is 24.3 Å². The number of halogens is 6. The first-order valence-corrected chi connectivity index (χ1v) is 8.10. The molecule has 142 valence electrons. The third-order valence-electron chi connectivity index (χ3n) is 3.96. The molecule has 0 aromatic heterocycles. The zero-order valence-corrected chi connectivity index (χ0v) is 14.2. The molecule has 0 unspecified atom stereocenters. The lowest BCUT2D eigenvalue weighted by atomic mass is 10.0. The lowest BCUT2D eigenvalue weighted by molar-refractivity contribution is 0.448. The predicted octanol–water partition coefficient (Wildman–Crippen LogP) is 6.86. The largest absolute Gasteiger partial charge is 0.207 e. The molecule has 0 nitrogen and oxygen atoms in total. The summed E-state index contributed by atoms with van der Waals surface area (Å²) in [5.41, 5.74) is -1.00. The Labute approximate surface area is 157 Å². The highest BCUT2D eigenvalue weighted by Gasteiger charge is 2.22. The fraction of sp³-hybridized carbons (Fsp3) is 0. The zero-order valence-electron chi connectivity index (χ0n) is 14.2. The van der Waals surface area contributed by atoms with Crippen LogP contribution in [0.15, 0.2) is 48.5 Å². The van der Waals surface area contributed by atoms with Gasteiger partial charge in [0, 0.05) is 0 Å². The van der Waals surface area contributed by atoms with E-state index in [1.165, 1.54) is 36.4 Å². The van der Waals surface area contributed by atoms with Crippen LogP contribution < -0.4 is 0 Å². The minimum atomic E-state index is -1.56. The van der Waals surface area contributed by atoms with Crippen LogP contribution in [0.25, 0.3) is 24.3 Å². The molecule has 0 aliphatic rings. The first-order chi connectivity index (χ1) is 13.4. The average molecular weight is 390 g/mol. The molecule has 0 saturated carbocycles. The van der Waals surface area contributed by atoms with Gasteiger partial charge in [0.05, 0.1) is 11.1 Å². The third-order valence-corrected chi connectivity index (χ3v) is 3.96. The van der Waals surface area contributed by atoms with Crippen LogP contribution in [0.4, 0.5) is 26.3 Å². The number of rotatable bonds is 4. The molecule has 0 aliphatic carbocycles. The van der Waals surface area contributed by atoms with Crippen molar-refractivity contribution in [3.63, 3.8) is 0 Å². The molecule has 6 heteroatoms. The molecule has 3 aromatic rings. The van der Waals surface area contributed by atoms with Gasteiger partial charge in [0.25, 0.3) is 0 Å². The second-order valence-electron chi connectivity index (χ2n) is 5.85. The summed E-state index contributed by atoms with van der Waals surface area (Å²) in [6.45, 7) is 0. The Bertz CT molecular complexity index is 932. The SMILES string of the molecule is Fc1ccc(/C=C/c2c(F)c(F)c(/C=C/c3ccc(F)cc3)c(F)c2F)cc1. The van der Waals surface area contributed by atoms with Crippen molar-refractivity contribution in [3.8, 4) is 0 Å². The number of benzene rings is 3. The van der Waals surface area contributed by atoms with Gasteiger partial charge in [-0.25, -0.2) is 26.3 Å². The summed E-state index contributed by atoms with van der Waals surface area (Å²) in [4.78, 5) is 0. The first-order valence-electron chi connectivity index (χ1n) is 8.10. The van der Waals surface area contributed by atoms with Gasteiger partial charge in [0.2, 0.25) is 0 Å². The van der Waals surface area contributed by atoms with E-state index in [1.54, 1.807) is 0 Å². The van der Waals surface area contributed by atoms with Crippen LogP contribution in [0.1, 0.15) is 22.3 Å². The quantitative estimate of drug-likeness (QED) is 0.259. The summed E-state index contributed by atoms with van der Waals surface area (Å²) in [5, 5.41) is 0. The highest BCUT2D eigenvalue weighted by atomic mass is 19.2. The molecule has 0 atom stereocenters. The van der Waals surface area contributed by atoms with Crippen molar-refractivity contribution in [3.05, 3.63) is 106 Å². The molecule has 0 aliphatic heterocycles. The summed E-state index contributed by atoms with van der Waals surface area (Å²) in [6, 6.07) is 9.91. The van der Waals surface area contributed by atoms with E-state index in [9.17, 15) is 26.3 Å². The fourth-order valence-corrected chi connectivity index (χ4v) is 2.47. The van der Waals surface area contributed by atoms with Gasteiger partial charge in [-0.15, -0.1) is 0 Å². The normalized spacial score (nSPS) is 11.6. The molecule has 0 spiro atoms. The average Bonchev–Trinajstić information content (AvgIpc) is 2.69. The van der Waals surface area contributed by atoms with E-state index in [-0.39, 0.29) is 0 Å². The van der Waals surface area contributed by atoms with Crippen LogP contribution >= 0.6 is 0 Å². The van der Waals surface area contributed by atoms with Gasteiger partial charge >= 0.3 is 0 Å². The summed E-state index contributed by atoms with van der Waals surface area (Å²) in [6.07, 6.45) is 4.15. The minimum Gasteiger partial charge on any atom is -0.207 e. The summed E-state index contributed by atoms with van der Waals surface area (Å²) in [5.74, 6) is -7.23. The van der Waals surface area contributed by atoms with Gasteiger partial charge < -0.3 is 0 Å². The maximum atomic E-state index is 14.3. The first kappa shape index (κ1) is 19.5. The molecule has 0 amide bonds.